The number of fused-ring (bicyclic) bond motifs is 1. The second kappa shape index (κ2) is 7.22. The summed E-state index contributed by atoms with van der Waals surface area (Å²) in [6.45, 7) is 1.42. The van der Waals surface area contributed by atoms with Crippen molar-refractivity contribution in [1.82, 2.24) is 10.2 Å². The molecular weight excluding hydrogens is 349 g/mol. The largest absolute Gasteiger partial charge is 0.382 e. The lowest BCUT2D eigenvalue weighted by Gasteiger charge is -2.23. The first-order valence-corrected chi connectivity index (χ1v) is 8.99. The lowest BCUT2D eigenvalue weighted by Crippen LogP contribution is -2.27. The van der Waals surface area contributed by atoms with Crippen LogP contribution in [0.3, 0.4) is 0 Å². The summed E-state index contributed by atoms with van der Waals surface area (Å²) in [5.74, 6) is -0.541. The first kappa shape index (κ1) is 17.3. The molecule has 8 heteroatoms. The van der Waals surface area contributed by atoms with E-state index in [1.807, 2.05) is 17.0 Å². The Morgan fingerprint density at radius 3 is 2.93 bits per heavy atom. The molecule has 4 rings (SSSR count). The topological polar surface area (TPSA) is 87.1 Å². The Morgan fingerprint density at radius 1 is 1.22 bits per heavy atom. The third-order valence-corrected chi connectivity index (χ3v) is 5.02. The van der Waals surface area contributed by atoms with Crippen molar-refractivity contribution < 1.29 is 9.31 Å². The Kier molecular flexibility index (Phi) is 4.62. The smallest absolute Gasteiger partial charge is 0.272 e. The zero-order valence-electron chi connectivity index (χ0n) is 14.7. The summed E-state index contributed by atoms with van der Waals surface area (Å²) < 4.78 is 14.3. The molecule has 0 saturated carbocycles. The van der Waals surface area contributed by atoms with E-state index in [-0.39, 0.29) is 5.69 Å². The number of hydrogen-bond donors (Lipinski definition) is 2. The van der Waals surface area contributed by atoms with E-state index in [4.69, 9.17) is 0 Å². The van der Waals surface area contributed by atoms with Crippen molar-refractivity contribution in [1.29, 1.82) is 0 Å². The van der Waals surface area contributed by atoms with Crippen LogP contribution in [0.2, 0.25) is 0 Å². The third-order valence-electron chi connectivity index (χ3n) is 5.02. The van der Waals surface area contributed by atoms with Gasteiger partial charge in [0.05, 0.1) is 28.4 Å². The molecule has 1 aromatic heterocycles. The molecule has 2 aromatic carbocycles. The predicted octanol–water partition coefficient (Wildman–Crippen LogP) is 4.08. The van der Waals surface area contributed by atoms with Gasteiger partial charge in [-0.15, -0.1) is 0 Å². The number of non-ortho nitro benzene ring substituents is 1. The SMILES string of the molecule is O=[N+]([O-])c1ccc(N2CCCC(Nc3ccc4[nH]ncc4c3)CC2)c(F)c1. The number of nitrogens with one attached hydrogen (secondary N) is 2. The predicted molar refractivity (Wildman–Crippen MR) is 103 cm³/mol. The highest BCUT2D eigenvalue weighted by Crippen LogP contribution is 2.27. The number of nitrogens with zero attached hydrogens (tertiary/aromatic N) is 3. The van der Waals surface area contributed by atoms with Crippen LogP contribution in [0.4, 0.5) is 21.5 Å². The fraction of sp³-hybridized carbons (Fsp3) is 0.316. The maximum absolute atomic E-state index is 14.3. The van der Waals surface area contributed by atoms with Crippen molar-refractivity contribution in [3.05, 3.63) is 58.5 Å². The molecule has 1 fully saturated rings. The number of H-pyrrole nitrogens is 1. The molecule has 2 N–H and O–H groups in total. The van der Waals surface area contributed by atoms with E-state index in [2.05, 4.69) is 21.6 Å². The summed E-state index contributed by atoms with van der Waals surface area (Å²) in [6, 6.07) is 10.3. The summed E-state index contributed by atoms with van der Waals surface area (Å²) in [5.41, 5.74) is 2.26. The van der Waals surface area contributed by atoms with E-state index in [0.717, 1.165) is 48.5 Å². The Morgan fingerprint density at radius 2 is 2.11 bits per heavy atom. The lowest BCUT2D eigenvalue weighted by atomic mass is 10.1. The number of benzene rings is 2. The number of halogens is 1. The van der Waals surface area contributed by atoms with Crippen LogP contribution in [-0.2, 0) is 0 Å². The number of aromatic nitrogens is 2. The van der Waals surface area contributed by atoms with Crippen molar-refractivity contribution in [2.45, 2.75) is 25.3 Å². The minimum absolute atomic E-state index is 0.222. The average molecular weight is 369 g/mol. The number of rotatable bonds is 4. The molecule has 0 amide bonds. The van der Waals surface area contributed by atoms with Crippen LogP contribution in [0.5, 0.6) is 0 Å². The molecule has 1 aliphatic heterocycles. The molecule has 3 aromatic rings. The zero-order valence-corrected chi connectivity index (χ0v) is 14.7. The van der Waals surface area contributed by atoms with E-state index in [0.29, 0.717) is 18.3 Å². The molecule has 0 spiro atoms. The van der Waals surface area contributed by atoms with Gasteiger partial charge in [0.2, 0.25) is 0 Å². The van der Waals surface area contributed by atoms with Gasteiger partial charge in [0, 0.05) is 36.3 Å². The van der Waals surface area contributed by atoms with Crippen LogP contribution >= 0.6 is 0 Å². The van der Waals surface area contributed by atoms with Gasteiger partial charge in [0.25, 0.3) is 5.69 Å². The van der Waals surface area contributed by atoms with Crippen molar-refractivity contribution >= 4 is 28.0 Å². The first-order chi connectivity index (χ1) is 13.1. The molecule has 0 bridgehead atoms. The zero-order chi connectivity index (χ0) is 18.8. The third kappa shape index (κ3) is 3.69. The summed E-state index contributed by atoms with van der Waals surface area (Å²) in [4.78, 5) is 12.2. The van der Waals surface area contributed by atoms with Gasteiger partial charge < -0.3 is 10.2 Å². The molecular formula is C19H20FN5O2. The van der Waals surface area contributed by atoms with Gasteiger partial charge in [-0.05, 0) is 43.5 Å². The van der Waals surface area contributed by atoms with Crippen LogP contribution < -0.4 is 10.2 Å². The number of aromatic amines is 1. The quantitative estimate of drug-likeness (QED) is 0.534. The van der Waals surface area contributed by atoms with E-state index in [9.17, 15) is 14.5 Å². The monoisotopic (exact) mass is 369 g/mol. The molecule has 140 valence electrons. The molecule has 1 aliphatic rings. The van der Waals surface area contributed by atoms with Crippen molar-refractivity contribution in [3.63, 3.8) is 0 Å². The van der Waals surface area contributed by atoms with E-state index in [1.54, 1.807) is 6.20 Å². The standard InChI is InChI=1S/C19H20FN5O2/c20-17-11-16(25(26)27)4-6-19(17)24-8-1-2-14(7-9-24)22-15-3-5-18-13(10-15)12-21-23-18/h3-6,10-12,14,22H,1-2,7-9H2,(H,21,23). The Bertz CT molecular complexity index is 974. The van der Waals surface area contributed by atoms with Gasteiger partial charge in [-0.3, -0.25) is 15.2 Å². The number of nitro groups is 1. The van der Waals surface area contributed by atoms with Crippen LogP contribution in [0.1, 0.15) is 19.3 Å². The Balaban J connectivity index is 1.43. The fourth-order valence-electron chi connectivity index (χ4n) is 3.62. The summed E-state index contributed by atoms with van der Waals surface area (Å²) in [5, 5.41) is 22.4. The average Bonchev–Trinajstić information content (AvgIpc) is 3.00. The van der Waals surface area contributed by atoms with E-state index in [1.165, 1.54) is 12.1 Å². The molecule has 7 nitrogen and oxygen atoms in total. The van der Waals surface area contributed by atoms with E-state index >= 15 is 0 Å². The second-order valence-electron chi connectivity index (χ2n) is 6.82. The molecule has 1 saturated heterocycles. The summed E-state index contributed by atoms with van der Waals surface area (Å²) >= 11 is 0. The maximum Gasteiger partial charge on any atom is 0.272 e. The molecule has 0 aliphatic carbocycles. The van der Waals surface area contributed by atoms with Gasteiger partial charge in [0.15, 0.2) is 5.82 Å². The second-order valence-corrected chi connectivity index (χ2v) is 6.82. The van der Waals surface area contributed by atoms with Crippen molar-refractivity contribution in [3.8, 4) is 0 Å². The summed E-state index contributed by atoms with van der Waals surface area (Å²) in [7, 11) is 0. The Hall–Kier alpha value is -3.16. The highest BCUT2D eigenvalue weighted by Gasteiger charge is 2.21. The highest BCUT2D eigenvalue weighted by atomic mass is 19.1. The molecule has 0 radical (unpaired) electrons. The number of anilines is 2. The van der Waals surface area contributed by atoms with Crippen molar-refractivity contribution in [2.24, 2.45) is 0 Å². The minimum Gasteiger partial charge on any atom is -0.382 e. The maximum atomic E-state index is 14.3. The molecule has 27 heavy (non-hydrogen) atoms. The van der Waals surface area contributed by atoms with Crippen LogP contribution in [0, 0.1) is 15.9 Å². The molecule has 1 atom stereocenters. The fourth-order valence-corrected chi connectivity index (χ4v) is 3.62. The van der Waals surface area contributed by atoms with Gasteiger partial charge in [-0.1, -0.05) is 0 Å². The Labute approximate surface area is 155 Å². The van der Waals surface area contributed by atoms with Gasteiger partial charge in [0.1, 0.15) is 0 Å². The number of nitro benzene ring substituents is 1. The molecule has 2 heterocycles. The van der Waals surface area contributed by atoms with Gasteiger partial charge in [-0.25, -0.2) is 4.39 Å². The first-order valence-electron chi connectivity index (χ1n) is 8.99. The normalized spacial score (nSPS) is 17.7. The van der Waals surface area contributed by atoms with Crippen LogP contribution in [-0.4, -0.2) is 34.3 Å². The van der Waals surface area contributed by atoms with Crippen LogP contribution in [0.25, 0.3) is 10.9 Å². The highest BCUT2D eigenvalue weighted by molar-refractivity contribution is 5.81. The van der Waals surface area contributed by atoms with Gasteiger partial charge in [-0.2, -0.15) is 5.10 Å². The van der Waals surface area contributed by atoms with Crippen molar-refractivity contribution in [2.75, 3.05) is 23.3 Å². The van der Waals surface area contributed by atoms with E-state index < -0.39 is 10.7 Å². The number of hydrogen-bond acceptors (Lipinski definition) is 5. The summed E-state index contributed by atoms with van der Waals surface area (Å²) in [6.07, 6.45) is 4.56. The van der Waals surface area contributed by atoms with Crippen LogP contribution in [0.15, 0.2) is 42.6 Å². The van der Waals surface area contributed by atoms with Gasteiger partial charge >= 0.3 is 0 Å². The molecule has 1 unspecified atom stereocenters. The lowest BCUT2D eigenvalue weighted by molar-refractivity contribution is -0.385. The minimum atomic E-state index is -0.577.